The fourth-order valence-electron chi connectivity index (χ4n) is 1.75. The maximum atomic E-state index is 10.5. The normalized spacial score (nSPS) is 16.0. The molecule has 0 amide bonds. The molecule has 0 unspecified atom stereocenters. The van der Waals surface area contributed by atoms with Gasteiger partial charge in [0.1, 0.15) is 0 Å². The van der Waals surface area contributed by atoms with Gasteiger partial charge in [0, 0.05) is 11.9 Å². The van der Waals surface area contributed by atoms with Gasteiger partial charge in [-0.15, -0.1) is 0 Å². The predicted octanol–water partition coefficient (Wildman–Crippen LogP) is 1.41. The third-order valence-corrected chi connectivity index (χ3v) is 2.34. The predicted molar refractivity (Wildman–Crippen MR) is 43.2 cm³/mol. The van der Waals surface area contributed by atoms with Crippen molar-refractivity contribution in [3.05, 3.63) is 23.5 Å². The Labute approximate surface area is 65.8 Å². The van der Waals surface area contributed by atoms with Gasteiger partial charge in [0.15, 0.2) is 0 Å². The molecular formula is C9H11NO. The van der Waals surface area contributed by atoms with Crippen LogP contribution in [-0.2, 0) is 17.6 Å². The lowest BCUT2D eigenvalue weighted by atomic mass is 9.98. The van der Waals surface area contributed by atoms with Crippen molar-refractivity contribution in [2.45, 2.75) is 25.7 Å². The number of carbonyl (C=O) groups excluding carboxylic acids is 1. The number of nitrogens with zero attached hydrogens (tertiary/aromatic N) is 1. The van der Waals surface area contributed by atoms with E-state index in [9.17, 15) is 4.79 Å². The zero-order valence-corrected chi connectivity index (χ0v) is 6.42. The van der Waals surface area contributed by atoms with Gasteiger partial charge in [-0.25, -0.2) is 0 Å². The second-order valence-electron chi connectivity index (χ2n) is 3.01. The number of carbonyl (C=O) groups is 1. The molecule has 2 heteroatoms. The Bertz CT molecular complexity index is 275. The molecule has 1 heterocycles. The van der Waals surface area contributed by atoms with Gasteiger partial charge in [-0.1, -0.05) is 0 Å². The molecule has 0 atom stereocenters. The minimum atomic E-state index is 0.893. The summed E-state index contributed by atoms with van der Waals surface area (Å²) in [6, 6.07) is 2.06. The molecule has 0 aliphatic heterocycles. The molecule has 0 N–H and O–H groups in total. The van der Waals surface area contributed by atoms with E-state index in [1.807, 2.05) is 6.20 Å². The summed E-state index contributed by atoms with van der Waals surface area (Å²) in [6.07, 6.45) is 7.48. The van der Waals surface area contributed by atoms with Gasteiger partial charge in [0.2, 0.25) is 6.41 Å². The van der Waals surface area contributed by atoms with Crippen LogP contribution in [0, 0.1) is 0 Å². The summed E-state index contributed by atoms with van der Waals surface area (Å²) in [7, 11) is 0. The first-order valence-corrected chi connectivity index (χ1v) is 4.05. The Morgan fingerprint density at radius 3 is 3.00 bits per heavy atom. The second kappa shape index (κ2) is 2.53. The maximum Gasteiger partial charge on any atom is 0.217 e. The number of aromatic nitrogens is 1. The van der Waals surface area contributed by atoms with Gasteiger partial charge in [0.05, 0.1) is 0 Å². The lowest BCUT2D eigenvalue weighted by molar-refractivity contribution is 0.542. The van der Waals surface area contributed by atoms with Gasteiger partial charge in [-0.05, 0) is 37.3 Å². The van der Waals surface area contributed by atoms with Crippen molar-refractivity contribution in [3.8, 4) is 0 Å². The summed E-state index contributed by atoms with van der Waals surface area (Å²) >= 11 is 0. The first kappa shape index (κ1) is 6.65. The quantitative estimate of drug-likeness (QED) is 0.553. The van der Waals surface area contributed by atoms with Gasteiger partial charge in [0.25, 0.3) is 0 Å². The average Bonchev–Trinajstić information content (AvgIpc) is 2.47. The zero-order chi connectivity index (χ0) is 7.68. The second-order valence-corrected chi connectivity index (χ2v) is 3.01. The molecule has 0 radical (unpaired) electrons. The Morgan fingerprint density at radius 1 is 1.36 bits per heavy atom. The minimum Gasteiger partial charge on any atom is -0.294 e. The van der Waals surface area contributed by atoms with Crippen LogP contribution in [0.2, 0.25) is 0 Å². The van der Waals surface area contributed by atoms with Crippen molar-refractivity contribution in [1.29, 1.82) is 0 Å². The first-order chi connectivity index (χ1) is 5.42. The van der Waals surface area contributed by atoms with E-state index in [1.165, 1.54) is 24.1 Å². The molecule has 1 aromatic heterocycles. The molecule has 2 nitrogen and oxygen atoms in total. The summed E-state index contributed by atoms with van der Waals surface area (Å²) in [4.78, 5) is 10.5. The van der Waals surface area contributed by atoms with E-state index in [0.717, 1.165) is 19.3 Å². The lowest BCUT2D eigenvalue weighted by Crippen LogP contribution is -2.06. The summed E-state index contributed by atoms with van der Waals surface area (Å²) in [6.45, 7) is 0. The van der Waals surface area contributed by atoms with Crippen LogP contribution in [0.4, 0.5) is 0 Å². The van der Waals surface area contributed by atoms with E-state index >= 15 is 0 Å². The number of hydrogen-bond acceptors (Lipinski definition) is 1. The van der Waals surface area contributed by atoms with E-state index in [1.54, 1.807) is 4.57 Å². The third-order valence-electron chi connectivity index (χ3n) is 2.34. The number of aryl methyl sites for hydroxylation is 1. The largest absolute Gasteiger partial charge is 0.294 e. The van der Waals surface area contributed by atoms with Gasteiger partial charge < -0.3 is 0 Å². The molecule has 0 aromatic carbocycles. The molecule has 0 bridgehead atoms. The minimum absolute atomic E-state index is 0.893. The number of hydrogen-bond donors (Lipinski definition) is 0. The summed E-state index contributed by atoms with van der Waals surface area (Å²) < 4.78 is 1.70. The standard InChI is InChI=1S/C9H11NO/c11-7-10-6-5-8-3-1-2-4-9(8)10/h5-7H,1-4H2. The van der Waals surface area contributed by atoms with E-state index in [4.69, 9.17) is 0 Å². The maximum absolute atomic E-state index is 10.5. The van der Waals surface area contributed by atoms with Crippen LogP contribution in [0.1, 0.15) is 24.1 Å². The van der Waals surface area contributed by atoms with Crippen molar-refractivity contribution < 1.29 is 4.79 Å². The molecule has 58 valence electrons. The van der Waals surface area contributed by atoms with E-state index in [2.05, 4.69) is 6.07 Å². The highest BCUT2D eigenvalue weighted by Gasteiger charge is 2.12. The van der Waals surface area contributed by atoms with Crippen LogP contribution >= 0.6 is 0 Å². The summed E-state index contributed by atoms with van der Waals surface area (Å²) in [5.41, 5.74) is 2.59. The zero-order valence-electron chi connectivity index (χ0n) is 6.42. The van der Waals surface area contributed by atoms with Crippen LogP contribution in [0.25, 0.3) is 0 Å². The highest BCUT2D eigenvalue weighted by atomic mass is 16.1. The van der Waals surface area contributed by atoms with E-state index in [-0.39, 0.29) is 0 Å². The Morgan fingerprint density at radius 2 is 2.18 bits per heavy atom. The van der Waals surface area contributed by atoms with Crippen molar-refractivity contribution in [1.82, 2.24) is 4.57 Å². The Balaban J connectivity index is 2.45. The fourth-order valence-corrected chi connectivity index (χ4v) is 1.75. The topological polar surface area (TPSA) is 22.0 Å². The number of fused-ring (bicyclic) bond motifs is 1. The molecule has 11 heavy (non-hydrogen) atoms. The molecule has 0 saturated heterocycles. The third kappa shape index (κ3) is 0.985. The lowest BCUT2D eigenvalue weighted by Gasteiger charge is -2.11. The van der Waals surface area contributed by atoms with E-state index in [0.29, 0.717) is 0 Å². The molecule has 0 saturated carbocycles. The summed E-state index contributed by atoms with van der Waals surface area (Å²) in [5, 5.41) is 0. The highest BCUT2D eigenvalue weighted by molar-refractivity contribution is 5.55. The molecule has 1 aliphatic rings. The Kier molecular flexibility index (Phi) is 1.53. The molecule has 1 aromatic rings. The molecule has 1 aliphatic carbocycles. The van der Waals surface area contributed by atoms with Gasteiger partial charge in [-0.3, -0.25) is 9.36 Å². The molecule has 0 spiro atoms. The fraction of sp³-hybridized carbons (Fsp3) is 0.444. The van der Waals surface area contributed by atoms with Gasteiger partial charge >= 0.3 is 0 Å². The first-order valence-electron chi connectivity index (χ1n) is 4.05. The molecule has 2 rings (SSSR count). The van der Waals surface area contributed by atoms with Crippen molar-refractivity contribution in [2.24, 2.45) is 0 Å². The van der Waals surface area contributed by atoms with Crippen LogP contribution in [-0.4, -0.2) is 11.0 Å². The van der Waals surface area contributed by atoms with Crippen LogP contribution in [0.5, 0.6) is 0 Å². The average molecular weight is 149 g/mol. The van der Waals surface area contributed by atoms with Crippen molar-refractivity contribution in [3.63, 3.8) is 0 Å². The number of rotatable bonds is 1. The van der Waals surface area contributed by atoms with Crippen LogP contribution in [0.15, 0.2) is 12.3 Å². The van der Waals surface area contributed by atoms with Crippen molar-refractivity contribution >= 4 is 6.41 Å². The monoisotopic (exact) mass is 149 g/mol. The van der Waals surface area contributed by atoms with Crippen molar-refractivity contribution in [2.75, 3.05) is 0 Å². The van der Waals surface area contributed by atoms with Crippen LogP contribution in [0.3, 0.4) is 0 Å². The highest BCUT2D eigenvalue weighted by Crippen LogP contribution is 2.20. The van der Waals surface area contributed by atoms with Gasteiger partial charge in [-0.2, -0.15) is 0 Å². The molecular weight excluding hydrogens is 138 g/mol. The smallest absolute Gasteiger partial charge is 0.217 e. The van der Waals surface area contributed by atoms with E-state index < -0.39 is 0 Å². The van der Waals surface area contributed by atoms with Crippen LogP contribution < -0.4 is 0 Å². The SMILES string of the molecule is O=Cn1ccc2c1CCCC2. The Hall–Kier alpha value is -1.05. The summed E-state index contributed by atoms with van der Waals surface area (Å²) in [5.74, 6) is 0. The molecule has 0 fully saturated rings.